The number of rotatable bonds is 6. The van der Waals surface area contributed by atoms with Crippen LogP contribution < -0.4 is 5.32 Å². The average Bonchev–Trinajstić information content (AvgIpc) is 3.22. The van der Waals surface area contributed by atoms with Crippen molar-refractivity contribution < 1.29 is 4.79 Å². The number of carbonyl (C=O) groups is 1. The number of pyridine rings is 2. The Balaban J connectivity index is 1.63. The lowest BCUT2D eigenvalue weighted by molar-refractivity contribution is -0.110. The van der Waals surface area contributed by atoms with Gasteiger partial charge in [0.05, 0.1) is 17.5 Å². The van der Waals surface area contributed by atoms with E-state index in [1.807, 2.05) is 30.7 Å². The Morgan fingerprint density at radius 1 is 1.45 bits per heavy atom. The van der Waals surface area contributed by atoms with E-state index < -0.39 is 5.92 Å². The van der Waals surface area contributed by atoms with E-state index in [0.29, 0.717) is 6.54 Å². The Morgan fingerprint density at radius 3 is 3.14 bits per heavy atom. The highest BCUT2D eigenvalue weighted by Gasteiger charge is 2.24. The van der Waals surface area contributed by atoms with Gasteiger partial charge < -0.3 is 15.1 Å². The minimum Gasteiger partial charge on any atom is -0.380 e. The first-order valence-corrected chi connectivity index (χ1v) is 9.91. The monoisotopic (exact) mass is 388 g/mol. The van der Waals surface area contributed by atoms with E-state index in [4.69, 9.17) is 5.26 Å². The minimum atomic E-state index is -0.571. The maximum absolute atomic E-state index is 11.0. The van der Waals surface area contributed by atoms with Gasteiger partial charge in [0.2, 0.25) is 0 Å². The van der Waals surface area contributed by atoms with Gasteiger partial charge in [-0.3, -0.25) is 9.88 Å². The molecule has 1 saturated heterocycles. The Morgan fingerprint density at radius 2 is 2.34 bits per heavy atom. The summed E-state index contributed by atoms with van der Waals surface area (Å²) in [6.07, 6.45) is 8.37. The molecule has 0 spiro atoms. The first-order valence-electron chi connectivity index (χ1n) is 9.91. The fraction of sp³-hybridized carbons (Fsp3) is 0.364. The SMILES string of the molecule is Cc1ccnc(-c2cnc3[nH]ccc3c2N[C@@H]2CCCN(CC(C#N)C=O)C2)c1. The summed E-state index contributed by atoms with van der Waals surface area (Å²) in [6, 6.07) is 8.37. The Kier molecular flexibility index (Phi) is 5.54. The van der Waals surface area contributed by atoms with Crippen molar-refractivity contribution in [3.8, 4) is 17.3 Å². The zero-order chi connectivity index (χ0) is 20.2. The number of carbonyl (C=O) groups excluding carboxylic acids is 1. The van der Waals surface area contributed by atoms with Crippen molar-refractivity contribution in [3.05, 3.63) is 42.4 Å². The van der Waals surface area contributed by atoms with Crippen LogP contribution in [-0.4, -0.2) is 51.8 Å². The van der Waals surface area contributed by atoms with Gasteiger partial charge in [-0.1, -0.05) is 0 Å². The highest BCUT2D eigenvalue weighted by atomic mass is 16.1. The molecule has 148 valence electrons. The number of anilines is 1. The van der Waals surface area contributed by atoms with Gasteiger partial charge in [0.1, 0.15) is 17.9 Å². The number of nitriles is 1. The smallest absolute Gasteiger partial charge is 0.139 e. The Labute approximate surface area is 169 Å². The van der Waals surface area contributed by atoms with Crippen LogP contribution in [0.5, 0.6) is 0 Å². The summed E-state index contributed by atoms with van der Waals surface area (Å²) >= 11 is 0. The van der Waals surface area contributed by atoms with Crippen molar-refractivity contribution in [2.24, 2.45) is 5.92 Å². The lowest BCUT2D eigenvalue weighted by Crippen LogP contribution is -2.44. The van der Waals surface area contributed by atoms with Gasteiger partial charge in [-0.25, -0.2) is 4.98 Å². The molecule has 7 heteroatoms. The van der Waals surface area contributed by atoms with Gasteiger partial charge in [-0.15, -0.1) is 0 Å². The summed E-state index contributed by atoms with van der Waals surface area (Å²) in [7, 11) is 0. The molecule has 2 N–H and O–H groups in total. The molecule has 1 unspecified atom stereocenters. The van der Waals surface area contributed by atoms with E-state index >= 15 is 0 Å². The molecule has 1 aliphatic rings. The van der Waals surface area contributed by atoms with Crippen LogP contribution in [0, 0.1) is 24.2 Å². The Bertz CT molecular complexity index is 1050. The molecule has 4 rings (SSSR count). The maximum atomic E-state index is 11.0. The van der Waals surface area contributed by atoms with E-state index in [2.05, 4.69) is 44.2 Å². The van der Waals surface area contributed by atoms with Crippen LogP contribution in [0.2, 0.25) is 0 Å². The molecule has 2 atom stereocenters. The second-order valence-corrected chi connectivity index (χ2v) is 7.62. The van der Waals surface area contributed by atoms with Crippen molar-refractivity contribution >= 4 is 23.0 Å². The quantitative estimate of drug-likeness (QED) is 0.630. The molecule has 0 saturated carbocycles. The lowest BCUT2D eigenvalue weighted by atomic mass is 10.0. The number of fused-ring (bicyclic) bond motifs is 1. The van der Waals surface area contributed by atoms with Crippen molar-refractivity contribution in [3.63, 3.8) is 0 Å². The highest BCUT2D eigenvalue weighted by molar-refractivity contribution is 5.97. The molecular formula is C22H24N6O. The largest absolute Gasteiger partial charge is 0.380 e. The number of aromatic nitrogens is 3. The molecule has 3 aromatic heterocycles. The summed E-state index contributed by atoms with van der Waals surface area (Å²) in [4.78, 5) is 25.5. The summed E-state index contributed by atoms with van der Waals surface area (Å²) in [5.74, 6) is -0.571. The third-order valence-corrected chi connectivity index (χ3v) is 5.42. The van der Waals surface area contributed by atoms with Crippen LogP contribution in [-0.2, 0) is 4.79 Å². The molecule has 4 heterocycles. The van der Waals surface area contributed by atoms with E-state index in [0.717, 1.165) is 65.8 Å². The third kappa shape index (κ3) is 4.13. The maximum Gasteiger partial charge on any atom is 0.139 e. The number of nitrogens with zero attached hydrogens (tertiary/aromatic N) is 4. The number of aryl methyl sites for hydroxylation is 1. The summed E-state index contributed by atoms with van der Waals surface area (Å²) < 4.78 is 0. The van der Waals surface area contributed by atoms with Crippen molar-refractivity contribution in [1.82, 2.24) is 19.9 Å². The number of piperidine rings is 1. The number of hydrogen-bond acceptors (Lipinski definition) is 6. The fourth-order valence-electron chi connectivity index (χ4n) is 3.98. The summed E-state index contributed by atoms with van der Waals surface area (Å²) in [5.41, 5.74) is 4.87. The second kappa shape index (κ2) is 8.41. The topological polar surface area (TPSA) is 97.7 Å². The van der Waals surface area contributed by atoms with Gasteiger partial charge in [0.15, 0.2) is 0 Å². The number of aromatic amines is 1. The molecule has 3 aromatic rings. The number of likely N-dealkylation sites (tertiary alicyclic amines) is 1. The fourth-order valence-corrected chi connectivity index (χ4v) is 3.98. The van der Waals surface area contributed by atoms with Gasteiger partial charge in [-0.2, -0.15) is 5.26 Å². The zero-order valence-electron chi connectivity index (χ0n) is 16.4. The van der Waals surface area contributed by atoms with Gasteiger partial charge in [-0.05, 0) is 50.1 Å². The standard InChI is InChI=1S/C22H24N6O/c1-15-4-6-24-20(9-15)19-11-26-22-18(5-7-25-22)21(19)27-17-3-2-8-28(13-17)12-16(10-23)14-29/h4-7,9,11,14,16-17H,2-3,8,12-13H2,1H3,(H2,25,26,27)/t16?,17-/m1/s1. The van der Waals surface area contributed by atoms with Crippen LogP contribution in [0.1, 0.15) is 18.4 Å². The Hall–Kier alpha value is -3.24. The molecular weight excluding hydrogens is 364 g/mol. The van der Waals surface area contributed by atoms with E-state index in [-0.39, 0.29) is 6.04 Å². The molecule has 0 radical (unpaired) electrons. The molecule has 1 fully saturated rings. The van der Waals surface area contributed by atoms with Crippen LogP contribution >= 0.6 is 0 Å². The molecule has 0 bridgehead atoms. The van der Waals surface area contributed by atoms with Gasteiger partial charge in [0, 0.05) is 48.7 Å². The van der Waals surface area contributed by atoms with Gasteiger partial charge >= 0.3 is 0 Å². The van der Waals surface area contributed by atoms with Crippen LogP contribution in [0.4, 0.5) is 5.69 Å². The van der Waals surface area contributed by atoms with Crippen molar-refractivity contribution in [2.75, 3.05) is 25.0 Å². The summed E-state index contributed by atoms with van der Waals surface area (Å²) in [6.45, 7) is 4.24. The normalized spacial score (nSPS) is 18.3. The zero-order valence-corrected chi connectivity index (χ0v) is 16.4. The average molecular weight is 388 g/mol. The van der Waals surface area contributed by atoms with E-state index in [1.54, 1.807) is 0 Å². The molecule has 0 amide bonds. The van der Waals surface area contributed by atoms with Crippen molar-refractivity contribution in [2.45, 2.75) is 25.8 Å². The molecule has 7 nitrogen and oxygen atoms in total. The highest BCUT2D eigenvalue weighted by Crippen LogP contribution is 2.34. The molecule has 0 aromatic carbocycles. The first kappa shape index (κ1) is 19.1. The molecule has 1 aliphatic heterocycles. The predicted octanol–water partition coefficient (Wildman–Crippen LogP) is 3.15. The van der Waals surface area contributed by atoms with E-state index in [9.17, 15) is 4.79 Å². The number of H-pyrrole nitrogens is 1. The van der Waals surface area contributed by atoms with Crippen LogP contribution in [0.3, 0.4) is 0 Å². The van der Waals surface area contributed by atoms with E-state index in [1.165, 1.54) is 0 Å². The minimum absolute atomic E-state index is 0.221. The number of aldehydes is 1. The number of nitrogens with one attached hydrogen (secondary N) is 2. The second-order valence-electron chi connectivity index (χ2n) is 7.62. The van der Waals surface area contributed by atoms with Crippen molar-refractivity contribution in [1.29, 1.82) is 5.26 Å². The van der Waals surface area contributed by atoms with Gasteiger partial charge in [0.25, 0.3) is 0 Å². The predicted molar refractivity (Wildman–Crippen MR) is 112 cm³/mol. The first-order chi connectivity index (χ1) is 14.2. The van der Waals surface area contributed by atoms with Crippen LogP contribution in [0.25, 0.3) is 22.3 Å². The lowest BCUT2D eigenvalue weighted by Gasteiger charge is -2.34. The third-order valence-electron chi connectivity index (χ3n) is 5.42. The summed E-state index contributed by atoms with van der Waals surface area (Å²) in [5, 5.41) is 13.9. The molecule has 29 heavy (non-hydrogen) atoms. The molecule has 0 aliphatic carbocycles. The number of hydrogen-bond donors (Lipinski definition) is 2. The van der Waals surface area contributed by atoms with Crippen LogP contribution in [0.15, 0.2) is 36.8 Å².